The number of para-hydroxylation sites is 1. The predicted octanol–water partition coefficient (Wildman–Crippen LogP) is 1.35. The minimum Gasteiger partial charge on any atom is -0.493 e. The molecule has 0 saturated carbocycles. The van der Waals surface area contributed by atoms with Gasteiger partial charge in [-0.25, -0.2) is 4.79 Å². The van der Waals surface area contributed by atoms with Crippen molar-refractivity contribution in [1.29, 1.82) is 0 Å². The lowest BCUT2D eigenvalue weighted by Gasteiger charge is -2.04. The molecule has 0 N–H and O–H groups in total. The van der Waals surface area contributed by atoms with Crippen molar-refractivity contribution >= 4 is 5.94 Å². The van der Waals surface area contributed by atoms with Gasteiger partial charge in [0.05, 0.1) is 7.11 Å². The van der Waals surface area contributed by atoms with Crippen molar-refractivity contribution in [1.82, 2.24) is 0 Å². The molecule has 0 aromatic heterocycles. The minimum atomic E-state index is 0.319. The van der Waals surface area contributed by atoms with Crippen LogP contribution in [0.4, 0.5) is 0 Å². The zero-order chi connectivity index (χ0) is 9.26. The lowest BCUT2D eigenvalue weighted by Crippen LogP contribution is -1.89. The zero-order valence-corrected chi connectivity index (χ0v) is 7.16. The van der Waals surface area contributed by atoms with E-state index in [9.17, 15) is 4.79 Å². The van der Waals surface area contributed by atoms with Gasteiger partial charge in [-0.1, -0.05) is 12.1 Å². The van der Waals surface area contributed by atoms with Crippen molar-refractivity contribution < 1.29 is 14.3 Å². The maximum atomic E-state index is 10.3. The van der Waals surface area contributed by atoms with E-state index in [1.54, 1.807) is 19.1 Å². The van der Waals surface area contributed by atoms with E-state index in [0.717, 1.165) is 5.56 Å². The SMILES string of the molecule is COc1cccc2c1OC(=C=O)C2. The predicted molar refractivity (Wildman–Crippen MR) is 46.5 cm³/mol. The number of hydrogen-bond acceptors (Lipinski definition) is 3. The monoisotopic (exact) mass is 176 g/mol. The smallest absolute Gasteiger partial charge is 0.192 e. The molecule has 0 saturated heterocycles. The van der Waals surface area contributed by atoms with Crippen LogP contribution in [0.3, 0.4) is 0 Å². The van der Waals surface area contributed by atoms with E-state index in [2.05, 4.69) is 0 Å². The van der Waals surface area contributed by atoms with Gasteiger partial charge in [0.25, 0.3) is 0 Å². The normalized spacial score (nSPS) is 13.2. The van der Waals surface area contributed by atoms with Crippen LogP contribution in [0.15, 0.2) is 24.0 Å². The molecular weight excluding hydrogens is 168 g/mol. The number of carbonyl (C=O) groups excluding carboxylic acids is 1. The fraction of sp³-hybridized carbons (Fsp3) is 0.200. The van der Waals surface area contributed by atoms with Crippen molar-refractivity contribution in [3.05, 3.63) is 29.5 Å². The summed E-state index contributed by atoms with van der Waals surface area (Å²) >= 11 is 0. The Balaban J connectivity index is 2.50. The number of methoxy groups -OCH3 is 1. The molecule has 1 aliphatic rings. The minimum absolute atomic E-state index is 0.319. The molecule has 0 spiro atoms. The first-order valence-corrected chi connectivity index (χ1v) is 3.93. The van der Waals surface area contributed by atoms with Crippen molar-refractivity contribution in [2.24, 2.45) is 0 Å². The van der Waals surface area contributed by atoms with Crippen LogP contribution < -0.4 is 9.47 Å². The fourth-order valence-corrected chi connectivity index (χ4v) is 1.37. The number of fused-ring (bicyclic) bond motifs is 1. The van der Waals surface area contributed by atoms with E-state index in [4.69, 9.17) is 9.47 Å². The molecule has 1 aromatic carbocycles. The molecule has 3 heteroatoms. The van der Waals surface area contributed by atoms with Crippen LogP contribution in [0, 0.1) is 0 Å². The summed E-state index contributed by atoms with van der Waals surface area (Å²) in [6.45, 7) is 0. The third kappa shape index (κ3) is 1.19. The van der Waals surface area contributed by atoms with Gasteiger partial charge < -0.3 is 9.47 Å². The van der Waals surface area contributed by atoms with E-state index in [0.29, 0.717) is 23.7 Å². The standard InChI is InChI=1S/C10H8O3/c1-12-9-4-2-3-7-5-8(6-11)13-10(7)9/h2-4H,5H2,1H3. The van der Waals surface area contributed by atoms with Gasteiger partial charge in [0.2, 0.25) is 0 Å². The molecule has 0 aliphatic carbocycles. The quantitative estimate of drug-likeness (QED) is 0.606. The van der Waals surface area contributed by atoms with Crippen LogP contribution in [0.5, 0.6) is 11.5 Å². The van der Waals surface area contributed by atoms with Crippen LogP contribution in [-0.4, -0.2) is 13.1 Å². The highest BCUT2D eigenvalue weighted by molar-refractivity contribution is 5.60. The summed E-state index contributed by atoms with van der Waals surface area (Å²) in [4.78, 5) is 10.3. The number of benzene rings is 1. The highest BCUT2D eigenvalue weighted by Gasteiger charge is 2.21. The first kappa shape index (κ1) is 7.90. The van der Waals surface area contributed by atoms with Gasteiger partial charge in [-0.2, -0.15) is 0 Å². The average Bonchev–Trinajstić information content (AvgIpc) is 2.59. The van der Waals surface area contributed by atoms with E-state index >= 15 is 0 Å². The second-order valence-electron chi connectivity index (χ2n) is 2.75. The average molecular weight is 176 g/mol. The summed E-state index contributed by atoms with van der Waals surface area (Å²) < 4.78 is 10.3. The van der Waals surface area contributed by atoms with Gasteiger partial charge in [0, 0.05) is 12.0 Å². The molecule has 13 heavy (non-hydrogen) atoms. The first-order chi connectivity index (χ1) is 6.35. The maximum absolute atomic E-state index is 10.3. The van der Waals surface area contributed by atoms with E-state index < -0.39 is 0 Å². The van der Waals surface area contributed by atoms with Crippen LogP contribution in [0.1, 0.15) is 5.56 Å². The molecule has 3 nitrogen and oxygen atoms in total. The Morgan fingerprint density at radius 1 is 1.54 bits per heavy atom. The van der Waals surface area contributed by atoms with Crippen LogP contribution in [0.25, 0.3) is 0 Å². The van der Waals surface area contributed by atoms with Gasteiger partial charge in [-0.15, -0.1) is 0 Å². The van der Waals surface area contributed by atoms with Crippen LogP contribution in [-0.2, 0) is 11.2 Å². The van der Waals surface area contributed by atoms with Gasteiger partial charge in [-0.05, 0) is 6.07 Å². The molecule has 1 heterocycles. The van der Waals surface area contributed by atoms with Crippen molar-refractivity contribution in [3.8, 4) is 11.5 Å². The summed E-state index contributed by atoms with van der Waals surface area (Å²) in [7, 11) is 1.57. The summed E-state index contributed by atoms with van der Waals surface area (Å²) in [6.07, 6.45) is 0.510. The Hall–Kier alpha value is -1.73. The third-order valence-electron chi connectivity index (χ3n) is 1.97. The Morgan fingerprint density at radius 2 is 2.38 bits per heavy atom. The summed E-state index contributed by atoms with van der Waals surface area (Å²) in [5.41, 5.74) is 0.970. The summed E-state index contributed by atoms with van der Waals surface area (Å²) in [5.74, 6) is 3.37. The van der Waals surface area contributed by atoms with Crippen LogP contribution >= 0.6 is 0 Å². The molecule has 1 aliphatic heterocycles. The van der Waals surface area contributed by atoms with Gasteiger partial charge >= 0.3 is 0 Å². The van der Waals surface area contributed by atoms with E-state index in [1.165, 1.54) is 0 Å². The van der Waals surface area contributed by atoms with E-state index in [1.807, 2.05) is 12.1 Å². The van der Waals surface area contributed by atoms with Gasteiger partial charge in [0.1, 0.15) is 0 Å². The van der Waals surface area contributed by atoms with Crippen molar-refractivity contribution in [2.45, 2.75) is 6.42 Å². The molecule has 66 valence electrons. The molecule has 0 radical (unpaired) electrons. The fourth-order valence-electron chi connectivity index (χ4n) is 1.37. The highest BCUT2D eigenvalue weighted by atomic mass is 16.5. The lowest BCUT2D eigenvalue weighted by atomic mass is 10.1. The number of hydrogen-bond donors (Lipinski definition) is 0. The van der Waals surface area contributed by atoms with Crippen molar-refractivity contribution in [3.63, 3.8) is 0 Å². The Bertz CT molecular complexity index is 389. The Labute approximate surface area is 75.6 Å². The summed E-state index contributed by atoms with van der Waals surface area (Å²) in [5, 5.41) is 0. The lowest BCUT2D eigenvalue weighted by molar-refractivity contribution is 0.372. The number of rotatable bonds is 1. The van der Waals surface area contributed by atoms with E-state index in [-0.39, 0.29) is 0 Å². The summed E-state index contributed by atoms with van der Waals surface area (Å²) in [6, 6.07) is 5.57. The molecule has 0 bridgehead atoms. The topological polar surface area (TPSA) is 35.5 Å². The molecule has 0 unspecified atom stereocenters. The maximum Gasteiger partial charge on any atom is 0.192 e. The van der Waals surface area contributed by atoms with Gasteiger partial charge in [-0.3, -0.25) is 0 Å². The molecule has 0 atom stereocenters. The highest BCUT2D eigenvalue weighted by Crippen LogP contribution is 2.38. The number of allylic oxidation sites excluding steroid dienone is 1. The van der Waals surface area contributed by atoms with Crippen LogP contribution in [0.2, 0.25) is 0 Å². The Kier molecular flexibility index (Phi) is 1.80. The molecule has 2 rings (SSSR count). The second kappa shape index (κ2) is 2.96. The molecule has 1 aromatic rings. The third-order valence-corrected chi connectivity index (χ3v) is 1.97. The largest absolute Gasteiger partial charge is 0.493 e. The number of ether oxygens (including phenoxy) is 2. The molecule has 0 amide bonds. The zero-order valence-electron chi connectivity index (χ0n) is 7.16. The van der Waals surface area contributed by atoms with Gasteiger partial charge in [0.15, 0.2) is 23.2 Å². The Morgan fingerprint density at radius 3 is 3.08 bits per heavy atom. The second-order valence-corrected chi connectivity index (χ2v) is 2.75. The molecular formula is C10H8O3. The van der Waals surface area contributed by atoms with Crippen molar-refractivity contribution in [2.75, 3.05) is 7.11 Å². The first-order valence-electron chi connectivity index (χ1n) is 3.93. The molecule has 0 fully saturated rings.